The second-order valence-electron chi connectivity index (χ2n) is 4.60. The Labute approximate surface area is 117 Å². The smallest absolute Gasteiger partial charge is 0.328 e. The predicted molar refractivity (Wildman–Crippen MR) is 76.0 cm³/mol. The first-order valence-corrected chi connectivity index (χ1v) is 6.07. The molecule has 2 unspecified atom stereocenters. The normalized spacial score (nSPS) is 13.2. The van der Waals surface area contributed by atoms with Crippen molar-refractivity contribution in [2.24, 2.45) is 0 Å². The van der Waals surface area contributed by atoms with Crippen molar-refractivity contribution in [1.82, 2.24) is 5.32 Å². The van der Waals surface area contributed by atoms with E-state index in [9.17, 15) is 14.7 Å². The Morgan fingerprint density at radius 2 is 1.95 bits per heavy atom. The van der Waals surface area contributed by atoms with Crippen molar-refractivity contribution >= 4 is 23.4 Å². The molecular weight excluding hydrogens is 262 g/mol. The Balaban J connectivity index is 2.71. The second kappa shape index (κ2) is 6.76. The van der Waals surface area contributed by atoms with Gasteiger partial charge in [-0.15, -0.1) is 0 Å². The van der Waals surface area contributed by atoms with Crippen LogP contribution >= 0.6 is 0 Å². The van der Waals surface area contributed by atoms with E-state index in [1.165, 1.54) is 6.92 Å². The third-order valence-electron chi connectivity index (χ3n) is 2.66. The number of benzene rings is 1. The van der Waals surface area contributed by atoms with Gasteiger partial charge in [0.25, 0.3) is 0 Å². The van der Waals surface area contributed by atoms with E-state index in [2.05, 4.69) is 10.6 Å². The third kappa shape index (κ3) is 4.43. The van der Waals surface area contributed by atoms with Gasteiger partial charge in [-0.05, 0) is 25.1 Å². The number of aliphatic hydroxyl groups is 1. The fourth-order valence-corrected chi connectivity index (χ4v) is 1.56. The number of hydrogen-bond acceptors (Lipinski definition) is 4. The lowest BCUT2D eigenvalue weighted by Gasteiger charge is -2.18. The van der Waals surface area contributed by atoms with E-state index in [4.69, 9.17) is 5.11 Å². The van der Waals surface area contributed by atoms with Gasteiger partial charge in [0.05, 0.1) is 6.10 Å². The summed E-state index contributed by atoms with van der Waals surface area (Å²) in [4.78, 5) is 24.4. The molecule has 7 heteroatoms. The van der Waals surface area contributed by atoms with Crippen LogP contribution in [0.25, 0.3) is 0 Å². The molecule has 110 valence electrons. The molecule has 1 aromatic carbocycles. The van der Waals surface area contributed by atoms with Crippen molar-refractivity contribution in [3.05, 3.63) is 24.3 Å². The van der Waals surface area contributed by atoms with E-state index >= 15 is 0 Å². The molecule has 0 aliphatic rings. The number of carboxylic acids is 1. The molecule has 0 aliphatic carbocycles. The van der Waals surface area contributed by atoms with Crippen LogP contribution in [0.5, 0.6) is 0 Å². The maximum Gasteiger partial charge on any atom is 0.328 e. The lowest BCUT2D eigenvalue weighted by atomic mass is 10.2. The minimum atomic E-state index is -1.35. The molecule has 0 aliphatic heterocycles. The van der Waals surface area contributed by atoms with Gasteiger partial charge in [0, 0.05) is 25.5 Å². The average molecular weight is 281 g/mol. The van der Waals surface area contributed by atoms with Crippen molar-refractivity contribution in [2.45, 2.75) is 19.1 Å². The zero-order valence-electron chi connectivity index (χ0n) is 11.6. The molecule has 20 heavy (non-hydrogen) atoms. The molecule has 0 saturated carbocycles. The number of nitrogens with one attached hydrogen (secondary N) is 2. The quantitative estimate of drug-likeness (QED) is 0.636. The van der Waals surface area contributed by atoms with Crippen LogP contribution in [0.15, 0.2) is 24.3 Å². The number of anilines is 2. The third-order valence-corrected chi connectivity index (χ3v) is 2.66. The van der Waals surface area contributed by atoms with Crippen LogP contribution in [0.1, 0.15) is 6.92 Å². The molecule has 1 aromatic rings. The van der Waals surface area contributed by atoms with E-state index in [0.717, 1.165) is 5.69 Å². The highest BCUT2D eigenvalue weighted by Gasteiger charge is 2.24. The number of amides is 2. The first-order chi connectivity index (χ1) is 9.31. The summed E-state index contributed by atoms with van der Waals surface area (Å²) in [5.74, 6) is -1.29. The maximum atomic E-state index is 11.7. The van der Waals surface area contributed by atoms with Gasteiger partial charge in [0.1, 0.15) is 0 Å². The highest BCUT2D eigenvalue weighted by atomic mass is 16.4. The van der Waals surface area contributed by atoms with Crippen molar-refractivity contribution in [3.8, 4) is 0 Å². The molecule has 4 N–H and O–H groups in total. The van der Waals surface area contributed by atoms with Gasteiger partial charge < -0.3 is 25.7 Å². The summed E-state index contributed by atoms with van der Waals surface area (Å²) in [6.45, 7) is 1.30. The minimum absolute atomic E-state index is 0.531. The van der Waals surface area contributed by atoms with E-state index in [1.807, 2.05) is 25.1 Å². The molecule has 0 spiro atoms. The summed E-state index contributed by atoms with van der Waals surface area (Å²) in [5.41, 5.74) is 1.43. The number of urea groups is 1. The van der Waals surface area contributed by atoms with Crippen LogP contribution in [-0.2, 0) is 4.79 Å². The number of carboxylic acid groups (broad SMARTS) is 1. The lowest BCUT2D eigenvalue weighted by Crippen LogP contribution is -2.49. The molecule has 1 rings (SSSR count). The van der Waals surface area contributed by atoms with Crippen molar-refractivity contribution in [2.75, 3.05) is 24.3 Å². The lowest BCUT2D eigenvalue weighted by molar-refractivity contribution is -0.141. The summed E-state index contributed by atoms with van der Waals surface area (Å²) < 4.78 is 0. The van der Waals surface area contributed by atoms with Gasteiger partial charge in [-0.2, -0.15) is 0 Å². The molecule has 0 saturated heterocycles. The van der Waals surface area contributed by atoms with E-state index in [0.29, 0.717) is 5.69 Å². The largest absolute Gasteiger partial charge is 0.480 e. The van der Waals surface area contributed by atoms with Gasteiger partial charge >= 0.3 is 12.0 Å². The number of aliphatic carboxylic acids is 1. The fourth-order valence-electron chi connectivity index (χ4n) is 1.56. The Morgan fingerprint density at radius 3 is 2.45 bits per heavy atom. The molecule has 2 atom stereocenters. The summed E-state index contributed by atoms with van der Waals surface area (Å²) in [5, 5.41) is 22.9. The Kier molecular flexibility index (Phi) is 5.33. The monoisotopic (exact) mass is 281 g/mol. The van der Waals surface area contributed by atoms with Crippen LogP contribution in [-0.4, -0.2) is 48.5 Å². The first kappa shape index (κ1) is 15.8. The number of nitrogens with zero attached hydrogens (tertiary/aromatic N) is 1. The van der Waals surface area contributed by atoms with Crippen molar-refractivity contribution in [1.29, 1.82) is 0 Å². The standard InChI is InChI=1S/C13H19N3O4/c1-8(17)11(12(18)19)15-13(20)14-9-5-4-6-10(7-9)16(2)3/h4-8,11,17H,1-3H3,(H,18,19)(H2,14,15,20). The average Bonchev–Trinajstić information content (AvgIpc) is 2.35. The zero-order chi connectivity index (χ0) is 15.3. The Morgan fingerprint density at radius 1 is 1.30 bits per heavy atom. The summed E-state index contributed by atoms with van der Waals surface area (Å²) in [6.07, 6.45) is -1.19. The van der Waals surface area contributed by atoms with Crippen LogP contribution in [0.2, 0.25) is 0 Å². The van der Waals surface area contributed by atoms with E-state index in [1.54, 1.807) is 18.2 Å². The van der Waals surface area contributed by atoms with Gasteiger partial charge in [-0.3, -0.25) is 0 Å². The number of carbonyl (C=O) groups excluding carboxylic acids is 1. The van der Waals surface area contributed by atoms with Gasteiger partial charge in [0.15, 0.2) is 6.04 Å². The Hall–Kier alpha value is -2.28. The van der Waals surface area contributed by atoms with Crippen LogP contribution in [0, 0.1) is 0 Å². The number of rotatable bonds is 5. The van der Waals surface area contributed by atoms with E-state index < -0.39 is 24.1 Å². The fraction of sp³-hybridized carbons (Fsp3) is 0.385. The van der Waals surface area contributed by atoms with Crippen LogP contribution in [0.4, 0.5) is 16.2 Å². The van der Waals surface area contributed by atoms with Crippen molar-refractivity contribution < 1.29 is 19.8 Å². The SMILES string of the molecule is CC(O)C(NC(=O)Nc1cccc(N(C)C)c1)C(=O)O. The van der Waals surface area contributed by atoms with Crippen molar-refractivity contribution in [3.63, 3.8) is 0 Å². The number of aliphatic hydroxyl groups excluding tert-OH is 1. The van der Waals surface area contributed by atoms with Gasteiger partial charge in [-0.1, -0.05) is 6.07 Å². The molecule has 0 fully saturated rings. The molecule has 0 bridgehead atoms. The second-order valence-corrected chi connectivity index (χ2v) is 4.60. The maximum absolute atomic E-state index is 11.7. The van der Waals surface area contributed by atoms with E-state index in [-0.39, 0.29) is 0 Å². The predicted octanol–water partition coefficient (Wildman–Crippen LogP) is 0.708. The summed E-state index contributed by atoms with van der Waals surface area (Å²) in [7, 11) is 3.74. The number of hydrogen-bond donors (Lipinski definition) is 4. The molecular formula is C13H19N3O4. The number of carbonyl (C=O) groups is 2. The van der Waals surface area contributed by atoms with Gasteiger partial charge in [0.2, 0.25) is 0 Å². The molecule has 0 heterocycles. The molecule has 7 nitrogen and oxygen atoms in total. The highest BCUT2D eigenvalue weighted by Crippen LogP contribution is 2.17. The topological polar surface area (TPSA) is 102 Å². The highest BCUT2D eigenvalue weighted by molar-refractivity contribution is 5.92. The van der Waals surface area contributed by atoms with Gasteiger partial charge in [-0.25, -0.2) is 9.59 Å². The Bertz CT molecular complexity index is 488. The minimum Gasteiger partial charge on any atom is -0.480 e. The van der Waals surface area contributed by atoms with Crippen LogP contribution < -0.4 is 15.5 Å². The van der Waals surface area contributed by atoms with Crippen LogP contribution in [0.3, 0.4) is 0 Å². The zero-order valence-corrected chi connectivity index (χ0v) is 11.6. The summed E-state index contributed by atoms with van der Waals surface area (Å²) >= 11 is 0. The molecule has 0 aromatic heterocycles. The summed E-state index contributed by atoms with van der Waals surface area (Å²) in [6, 6.07) is 5.04. The molecule has 2 amide bonds. The molecule has 0 radical (unpaired) electrons. The first-order valence-electron chi connectivity index (χ1n) is 6.07.